The van der Waals surface area contributed by atoms with E-state index in [-0.39, 0.29) is 13.4 Å². The second-order valence-corrected chi connectivity index (χ2v) is 12.3. The molecule has 7 rings (SSSR count). The number of aromatic nitrogens is 2. The SMILES string of the molecule is Cc1ccccc1-c1n(-c2ccc3c(c2)B(c2c(C)cccc2C)c2ccccc2B3c2c(C)cccc2C)cc[n+]1C. The van der Waals surface area contributed by atoms with E-state index >= 15 is 0 Å². The van der Waals surface area contributed by atoms with E-state index in [9.17, 15) is 0 Å². The van der Waals surface area contributed by atoms with Crippen LogP contribution in [0.4, 0.5) is 0 Å². The first-order valence-electron chi connectivity index (χ1n) is 15.3. The van der Waals surface area contributed by atoms with Gasteiger partial charge in [0.1, 0.15) is 18.1 Å². The fourth-order valence-electron chi connectivity index (χ4n) is 7.61. The summed E-state index contributed by atoms with van der Waals surface area (Å²) in [5.74, 6) is 1.18. The molecule has 5 aromatic carbocycles. The average molecular weight is 555 g/mol. The molecule has 0 bridgehead atoms. The number of imidazole rings is 1. The third-order valence-corrected chi connectivity index (χ3v) is 9.64. The van der Waals surface area contributed by atoms with Gasteiger partial charge >= 0.3 is 0 Å². The van der Waals surface area contributed by atoms with E-state index in [1.165, 1.54) is 77.7 Å². The van der Waals surface area contributed by atoms with E-state index in [2.05, 4.69) is 166 Å². The van der Waals surface area contributed by atoms with Crippen LogP contribution in [-0.4, -0.2) is 18.0 Å². The maximum atomic E-state index is 2.48. The molecule has 0 N–H and O–H groups in total. The van der Waals surface area contributed by atoms with Gasteiger partial charge in [0.2, 0.25) is 13.4 Å². The van der Waals surface area contributed by atoms with Crippen LogP contribution < -0.4 is 37.3 Å². The lowest BCUT2D eigenvalue weighted by molar-refractivity contribution is -0.659. The number of aryl methyl sites for hydroxylation is 6. The van der Waals surface area contributed by atoms with E-state index in [1.807, 2.05) is 0 Å². The summed E-state index contributed by atoms with van der Waals surface area (Å²) >= 11 is 0. The van der Waals surface area contributed by atoms with Crippen molar-refractivity contribution in [3.63, 3.8) is 0 Å². The third kappa shape index (κ3) is 4.39. The van der Waals surface area contributed by atoms with Gasteiger partial charge in [0, 0.05) is 0 Å². The molecule has 0 spiro atoms. The lowest BCUT2D eigenvalue weighted by Crippen LogP contribution is -2.75. The number of hydrogen-bond donors (Lipinski definition) is 0. The number of benzene rings is 5. The minimum Gasteiger partial charge on any atom is -0.232 e. The van der Waals surface area contributed by atoms with Gasteiger partial charge in [-0.1, -0.05) is 140 Å². The normalized spacial score (nSPS) is 12.3. The fourth-order valence-corrected chi connectivity index (χ4v) is 7.61. The Morgan fingerprint density at radius 3 is 1.58 bits per heavy atom. The molecule has 43 heavy (non-hydrogen) atoms. The highest BCUT2D eigenvalue weighted by atomic mass is 15.1. The van der Waals surface area contributed by atoms with Gasteiger partial charge in [0.25, 0.3) is 5.82 Å². The molecule has 0 unspecified atom stereocenters. The smallest absolute Gasteiger partial charge is 0.232 e. The summed E-state index contributed by atoms with van der Waals surface area (Å²) in [7, 11) is 2.14. The molecule has 0 atom stereocenters. The van der Waals surface area contributed by atoms with Crippen LogP contribution in [0.5, 0.6) is 0 Å². The summed E-state index contributed by atoms with van der Waals surface area (Å²) in [5.41, 5.74) is 17.6. The zero-order chi connectivity index (χ0) is 29.8. The van der Waals surface area contributed by atoms with Crippen molar-refractivity contribution in [2.24, 2.45) is 7.05 Å². The Balaban J connectivity index is 1.54. The van der Waals surface area contributed by atoms with Crippen LogP contribution in [0.1, 0.15) is 27.8 Å². The van der Waals surface area contributed by atoms with E-state index in [4.69, 9.17) is 0 Å². The molecule has 2 nitrogen and oxygen atoms in total. The number of rotatable bonds is 4. The second kappa shape index (κ2) is 10.6. The van der Waals surface area contributed by atoms with Gasteiger partial charge in [-0.25, -0.2) is 4.57 Å². The summed E-state index contributed by atoms with van der Waals surface area (Å²) in [5, 5.41) is 0. The van der Waals surface area contributed by atoms with Crippen molar-refractivity contribution < 1.29 is 4.57 Å². The van der Waals surface area contributed by atoms with Gasteiger partial charge in [-0.05, 0) is 58.4 Å². The first-order valence-corrected chi connectivity index (χ1v) is 15.3. The van der Waals surface area contributed by atoms with E-state index < -0.39 is 0 Å². The molecular formula is C39H37B2N2+. The van der Waals surface area contributed by atoms with Crippen molar-refractivity contribution in [1.82, 2.24) is 4.57 Å². The van der Waals surface area contributed by atoms with Crippen molar-refractivity contribution in [3.8, 4) is 17.1 Å². The Hall–Kier alpha value is -4.56. The molecule has 0 saturated heterocycles. The van der Waals surface area contributed by atoms with Crippen LogP contribution in [0.2, 0.25) is 0 Å². The fraction of sp³-hybridized carbons (Fsp3) is 0.154. The standard InChI is InChI=1S/C39H37B2N2/c1-26-13-7-8-18-32(26)39-42(6)23-24-43(39)31-21-22-35-36(25-31)41(38-29(4)16-12-17-30(38)5)34-20-10-9-19-33(34)40(35)37-27(2)14-11-15-28(37)3/h7-25H,1-6H3/q+1. The predicted molar refractivity (Wildman–Crippen MR) is 185 cm³/mol. The third-order valence-electron chi connectivity index (χ3n) is 9.64. The molecule has 6 aromatic rings. The first kappa shape index (κ1) is 27.3. The number of hydrogen-bond acceptors (Lipinski definition) is 0. The van der Waals surface area contributed by atoms with Crippen molar-refractivity contribution in [3.05, 3.63) is 143 Å². The monoisotopic (exact) mass is 555 g/mol. The van der Waals surface area contributed by atoms with Crippen molar-refractivity contribution in [2.75, 3.05) is 0 Å². The largest absolute Gasteiger partial charge is 0.294 e. The van der Waals surface area contributed by atoms with Crippen molar-refractivity contribution in [1.29, 1.82) is 0 Å². The van der Waals surface area contributed by atoms with Crippen LogP contribution in [-0.2, 0) is 7.05 Å². The maximum Gasteiger partial charge on any atom is 0.294 e. The highest BCUT2D eigenvalue weighted by molar-refractivity contribution is 7.11. The summed E-state index contributed by atoms with van der Waals surface area (Å²) < 4.78 is 4.60. The lowest BCUT2D eigenvalue weighted by Gasteiger charge is -2.34. The zero-order valence-electron chi connectivity index (χ0n) is 26.0. The summed E-state index contributed by atoms with van der Waals surface area (Å²) in [4.78, 5) is 0. The molecule has 1 aliphatic heterocycles. The maximum absolute atomic E-state index is 2.48. The highest BCUT2D eigenvalue weighted by Gasteiger charge is 2.41. The summed E-state index contributed by atoms with van der Waals surface area (Å²) in [6.07, 6.45) is 4.37. The van der Waals surface area contributed by atoms with Crippen molar-refractivity contribution >= 4 is 46.2 Å². The van der Waals surface area contributed by atoms with Gasteiger partial charge in [0.05, 0.1) is 12.6 Å². The second-order valence-electron chi connectivity index (χ2n) is 12.3. The Kier molecular flexibility index (Phi) is 6.73. The Morgan fingerprint density at radius 2 is 1.00 bits per heavy atom. The minimum atomic E-state index is 0.152. The molecule has 4 heteroatoms. The predicted octanol–water partition coefficient (Wildman–Crippen LogP) is 3.86. The molecule has 0 fully saturated rings. The van der Waals surface area contributed by atoms with Crippen molar-refractivity contribution in [2.45, 2.75) is 34.6 Å². The molecule has 0 aliphatic carbocycles. The number of fused-ring (bicyclic) bond motifs is 2. The molecule has 1 aromatic heterocycles. The molecule has 1 aliphatic rings. The molecule has 0 amide bonds. The van der Waals surface area contributed by atoms with Crippen LogP contribution in [0.3, 0.4) is 0 Å². The average Bonchev–Trinajstić information content (AvgIpc) is 3.38. The Labute approximate surface area is 256 Å². The topological polar surface area (TPSA) is 8.81 Å². The lowest BCUT2D eigenvalue weighted by atomic mass is 9.20. The van der Waals surface area contributed by atoms with Gasteiger partial charge in [-0.3, -0.25) is 0 Å². The highest BCUT2D eigenvalue weighted by Crippen LogP contribution is 2.23. The van der Waals surface area contributed by atoms with Gasteiger partial charge in [0.15, 0.2) is 0 Å². The van der Waals surface area contributed by atoms with Gasteiger partial charge in [-0.2, -0.15) is 4.57 Å². The van der Waals surface area contributed by atoms with E-state index in [1.54, 1.807) is 0 Å². The molecule has 2 heterocycles. The Bertz CT molecular complexity index is 1980. The molecule has 0 saturated carbocycles. The molecular weight excluding hydrogens is 518 g/mol. The molecule has 0 radical (unpaired) electrons. The van der Waals surface area contributed by atoms with Crippen LogP contribution in [0.15, 0.2) is 116 Å². The van der Waals surface area contributed by atoms with Crippen LogP contribution in [0.25, 0.3) is 17.1 Å². The Morgan fingerprint density at radius 1 is 0.512 bits per heavy atom. The molecule has 208 valence electrons. The first-order chi connectivity index (χ1) is 20.8. The van der Waals surface area contributed by atoms with Gasteiger partial charge in [-0.15, -0.1) is 0 Å². The van der Waals surface area contributed by atoms with E-state index in [0.29, 0.717) is 0 Å². The zero-order valence-corrected chi connectivity index (χ0v) is 26.0. The van der Waals surface area contributed by atoms with Crippen LogP contribution >= 0.6 is 0 Å². The van der Waals surface area contributed by atoms with Gasteiger partial charge < -0.3 is 0 Å². The summed E-state index contributed by atoms with van der Waals surface area (Å²) in [6.45, 7) is 11.6. The minimum absolute atomic E-state index is 0.152. The van der Waals surface area contributed by atoms with E-state index in [0.717, 1.165) is 0 Å². The summed E-state index contributed by atoms with van der Waals surface area (Å²) in [6, 6.07) is 38.5. The quantitative estimate of drug-likeness (QED) is 0.231. The van der Waals surface area contributed by atoms with Crippen LogP contribution in [0, 0.1) is 34.6 Å². The number of nitrogens with zero attached hydrogens (tertiary/aromatic N) is 2.